The minimum Gasteiger partial charge on any atom is -0.398 e. The Morgan fingerprint density at radius 1 is 1.37 bits per heavy atom. The number of nitrogens with two attached hydrogens (primary N) is 1. The molecule has 0 fully saturated rings. The summed E-state index contributed by atoms with van der Waals surface area (Å²) in [5.41, 5.74) is 7.89. The van der Waals surface area contributed by atoms with Gasteiger partial charge in [-0.15, -0.1) is 10.2 Å². The molecule has 1 aromatic heterocycles. The fourth-order valence-electron chi connectivity index (χ4n) is 2.54. The van der Waals surface area contributed by atoms with Crippen molar-refractivity contribution in [2.24, 2.45) is 0 Å². The molecule has 1 aromatic carbocycles. The van der Waals surface area contributed by atoms with Gasteiger partial charge in [0.05, 0.1) is 6.04 Å². The third-order valence-corrected chi connectivity index (χ3v) is 3.68. The number of para-hydroxylation sites is 1. The van der Waals surface area contributed by atoms with E-state index in [0.717, 1.165) is 42.4 Å². The summed E-state index contributed by atoms with van der Waals surface area (Å²) in [6.45, 7) is 3.90. The Bertz CT molecular complexity index is 575. The second-order valence-electron chi connectivity index (χ2n) is 5.03. The average Bonchev–Trinajstić information content (AvgIpc) is 2.99. The minimum absolute atomic E-state index is 0.180. The molecule has 1 atom stereocenters. The molecule has 1 aliphatic heterocycles. The Morgan fingerprint density at radius 3 is 3.05 bits per heavy atom. The lowest BCUT2D eigenvalue weighted by atomic mass is 10.1. The van der Waals surface area contributed by atoms with Crippen LogP contribution < -0.4 is 11.1 Å². The molecule has 0 radical (unpaired) electrons. The van der Waals surface area contributed by atoms with Crippen LogP contribution in [0, 0.1) is 0 Å². The maximum Gasteiger partial charge on any atom is 0.149 e. The van der Waals surface area contributed by atoms with Crippen LogP contribution in [0.4, 0.5) is 5.69 Å². The van der Waals surface area contributed by atoms with Gasteiger partial charge in [-0.2, -0.15) is 0 Å². The van der Waals surface area contributed by atoms with Gasteiger partial charge in [-0.25, -0.2) is 0 Å². The lowest BCUT2D eigenvalue weighted by molar-refractivity contribution is 0.516. The summed E-state index contributed by atoms with van der Waals surface area (Å²) < 4.78 is 2.23. The smallest absolute Gasteiger partial charge is 0.149 e. The molecule has 3 N–H and O–H groups in total. The Labute approximate surface area is 112 Å². The number of hydrogen-bond donors (Lipinski definition) is 2. The van der Waals surface area contributed by atoms with Crippen molar-refractivity contribution >= 4 is 5.69 Å². The summed E-state index contributed by atoms with van der Waals surface area (Å²) in [6.07, 6.45) is 2.22. The average molecular weight is 257 g/mol. The molecular weight excluding hydrogens is 238 g/mol. The predicted octanol–water partition coefficient (Wildman–Crippen LogP) is 1.66. The number of aryl methyl sites for hydroxylation is 1. The van der Waals surface area contributed by atoms with Crippen LogP contribution >= 0.6 is 0 Å². The molecule has 19 heavy (non-hydrogen) atoms. The van der Waals surface area contributed by atoms with Gasteiger partial charge in [-0.1, -0.05) is 18.2 Å². The van der Waals surface area contributed by atoms with E-state index in [2.05, 4.69) is 27.0 Å². The van der Waals surface area contributed by atoms with Crippen LogP contribution in [0.2, 0.25) is 0 Å². The van der Waals surface area contributed by atoms with E-state index >= 15 is 0 Å². The zero-order valence-corrected chi connectivity index (χ0v) is 11.1. The third kappa shape index (κ3) is 2.33. The summed E-state index contributed by atoms with van der Waals surface area (Å²) in [5.74, 6) is 2.14. The monoisotopic (exact) mass is 257 g/mol. The quantitative estimate of drug-likeness (QED) is 0.817. The second kappa shape index (κ2) is 5.01. The number of nitrogens with zero attached hydrogens (tertiary/aromatic N) is 3. The molecule has 0 aliphatic carbocycles. The summed E-state index contributed by atoms with van der Waals surface area (Å²) >= 11 is 0. The number of rotatable bonds is 4. The highest BCUT2D eigenvalue weighted by atomic mass is 15.3. The van der Waals surface area contributed by atoms with Crippen LogP contribution in [0.3, 0.4) is 0 Å². The number of anilines is 1. The van der Waals surface area contributed by atoms with E-state index in [1.54, 1.807) is 0 Å². The largest absolute Gasteiger partial charge is 0.398 e. The van der Waals surface area contributed by atoms with Crippen molar-refractivity contribution < 1.29 is 0 Å². The summed E-state index contributed by atoms with van der Waals surface area (Å²) in [6, 6.07) is 8.11. The normalized spacial score (nSPS) is 15.4. The molecule has 1 unspecified atom stereocenters. The van der Waals surface area contributed by atoms with E-state index in [1.165, 1.54) is 6.42 Å². The number of hydrogen-bond acceptors (Lipinski definition) is 4. The molecule has 0 saturated carbocycles. The van der Waals surface area contributed by atoms with Crippen LogP contribution in [-0.2, 0) is 19.5 Å². The molecule has 2 aromatic rings. The SMILES string of the molecule is CC(NCc1ccccc1N)c1nnc2n1CCC2. The Balaban J connectivity index is 1.68. The standard InChI is InChI=1S/C14H19N5/c1-10(14-18-17-13-7-4-8-19(13)14)16-9-11-5-2-3-6-12(11)15/h2-3,5-6,10,16H,4,7-9,15H2,1H3. The molecule has 5 nitrogen and oxygen atoms in total. The summed E-state index contributed by atoms with van der Waals surface area (Å²) in [7, 11) is 0. The van der Waals surface area contributed by atoms with E-state index in [0.29, 0.717) is 0 Å². The second-order valence-corrected chi connectivity index (χ2v) is 5.03. The Hall–Kier alpha value is -1.88. The molecule has 5 heteroatoms. The van der Waals surface area contributed by atoms with Crippen LogP contribution in [0.25, 0.3) is 0 Å². The van der Waals surface area contributed by atoms with E-state index in [-0.39, 0.29) is 6.04 Å². The van der Waals surface area contributed by atoms with E-state index in [4.69, 9.17) is 5.73 Å². The maximum atomic E-state index is 5.94. The molecule has 2 heterocycles. The molecular formula is C14H19N5. The summed E-state index contributed by atoms with van der Waals surface area (Å²) in [5, 5.41) is 12.0. The number of benzene rings is 1. The molecule has 1 aliphatic rings. The van der Waals surface area contributed by atoms with Crippen molar-refractivity contribution in [3.05, 3.63) is 41.5 Å². The number of nitrogen functional groups attached to an aromatic ring is 1. The van der Waals surface area contributed by atoms with E-state index < -0.39 is 0 Å². The maximum absolute atomic E-state index is 5.94. The minimum atomic E-state index is 0.180. The fourth-order valence-corrected chi connectivity index (χ4v) is 2.54. The number of fused-ring (bicyclic) bond motifs is 1. The van der Waals surface area contributed by atoms with Crippen molar-refractivity contribution in [1.82, 2.24) is 20.1 Å². The summed E-state index contributed by atoms with van der Waals surface area (Å²) in [4.78, 5) is 0. The first-order chi connectivity index (χ1) is 9.25. The zero-order chi connectivity index (χ0) is 13.2. The van der Waals surface area contributed by atoms with Crippen molar-refractivity contribution in [3.63, 3.8) is 0 Å². The predicted molar refractivity (Wildman–Crippen MR) is 74.5 cm³/mol. The molecule has 0 bridgehead atoms. The third-order valence-electron chi connectivity index (χ3n) is 3.68. The van der Waals surface area contributed by atoms with Crippen molar-refractivity contribution in [2.45, 2.75) is 38.9 Å². The first kappa shape index (κ1) is 12.2. The highest BCUT2D eigenvalue weighted by Gasteiger charge is 2.20. The van der Waals surface area contributed by atoms with Gasteiger partial charge >= 0.3 is 0 Å². The topological polar surface area (TPSA) is 68.8 Å². The highest BCUT2D eigenvalue weighted by molar-refractivity contribution is 5.46. The van der Waals surface area contributed by atoms with Gasteiger partial charge in [0.25, 0.3) is 0 Å². The first-order valence-electron chi connectivity index (χ1n) is 6.74. The zero-order valence-electron chi connectivity index (χ0n) is 11.1. The van der Waals surface area contributed by atoms with Crippen LogP contribution in [0.15, 0.2) is 24.3 Å². The Kier molecular flexibility index (Phi) is 3.21. The van der Waals surface area contributed by atoms with Gasteiger partial charge in [-0.3, -0.25) is 0 Å². The molecule has 100 valence electrons. The van der Waals surface area contributed by atoms with Crippen molar-refractivity contribution in [2.75, 3.05) is 5.73 Å². The number of aromatic nitrogens is 3. The van der Waals surface area contributed by atoms with E-state index in [1.807, 2.05) is 24.3 Å². The molecule has 0 amide bonds. The van der Waals surface area contributed by atoms with Gasteiger partial charge in [-0.05, 0) is 25.0 Å². The van der Waals surface area contributed by atoms with Crippen molar-refractivity contribution in [1.29, 1.82) is 0 Å². The van der Waals surface area contributed by atoms with Gasteiger partial charge < -0.3 is 15.6 Å². The number of nitrogens with one attached hydrogen (secondary N) is 1. The van der Waals surface area contributed by atoms with Crippen LogP contribution in [0.1, 0.15) is 36.6 Å². The lowest BCUT2D eigenvalue weighted by Crippen LogP contribution is -2.22. The van der Waals surface area contributed by atoms with Gasteiger partial charge in [0.1, 0.15) is 11.6 Å². The fraction of sp³-hybridized carbons (Fsp3) is 0.429. The van der Waals surface area contributed by atoms with Gasteiger partial charge in [0, 0.05) is 25.2 Å². The molecule has 0 saturated heterocycles. The van der Waals surface area contributed by atoms with Gasteiger partial charge in [0.2, 0.25) is 0 Å². The Morgan fingerprint density at radius 2 is 2.21 bits per heavy atom. The van der Waals surface area contributed by atoms with E-state index in [9.17, 15) is 0 Å². The molecule has 0 spiro atoms. The van der Waals surface area contributed by atoms with Crippen LogP contribution in [-0.4, -0.2) is 14.8 Å². The lowest BCUT2D eigenvalue weighted by Gasteiger charge is -2.14. The molecule has 3 rings (SSSR count). The van der Waals surface area contributed by atoms with Gasteiger partial charge in [0.15, 0.2) is 0 Å². The van der Waals surface area contributed by atoms with Crippen LogP contribution in [0.5, 0.6) is 0 Å². The first-order valence-corrected chi connectivity index (χ1v) is 6.74. The highest BCUT2D eigenvalue weighted by Crippen LogP contribution is 2.19. The van der Waals surface area contributed by atoms with Crippen molar-refractivity contribution in [3.8, 4) is 0 Å².